The molecule has 0 aliphatic carbocycles. The van der Waals surface area contributed by atoms with Gasteiger partial charge >= 0.3 is 0 Å². The zero-order valence-electron chi connectivity index (χ0n) is 12.8. The third kappa shape index (κ3) is 3.18. The first-order valence-corrected chi connectivity index (χ1v) is 7.72. The summed E-state index contributed by atoms with van der Waals surface area (Å²) in [6, 6.07) is 6.84. The van der Waals surface area contributed by atoms with Gasteiger partial charge in [0.1, 0.15) is 5.69 Å². The fourth-order valence-electron chi connectivity index (χ4n) is 2.13. The Balaban J connectivity index is 2.01. The molecule has 0 fully saturated rings. The number of halogens is 2. The summed E-state index contributed by atoms with van der Waals surface area (Å²) in [5.41, 5.74) is 1.38. The van der Waals surface area contributed by atoms with E-state index in [9.17, 15) is 4.79 Å². The highest BCUT2D eigenvalue weighted by molar-refractivity contribution is 6.42. The third-order valence-corrected chi connectivity index (χ3v) is 3.84. The van der Waals surface area contributed by atoms with E-state index in [0.29, 0.717) is 27.2 Å². The molecule has 0 aliphatic heterocycles. The Labute approximate surface area is 142 Å². The van der Waals surface area contributed by atoms with Gasteiger partial charge in [0.05, 0.1) is 10.0 Å². The Hall–Kier alpha value is -2.05. The maximum Gasteiger partial charge on any atom is 0.269 e. The van der Waals surface area contributed by atoms with Crippen LogP contribution in [0.15, 0.2) is 24.3 Å². The van der Waals surface area contributed by atoms with Crippen molar-refractivity contribution in [3.05, 3.63) is 40.0 Å². The SMILES string of the molecule is CC(C)(C)NC(=O)c1cc2nnc(-c3ccc(Cl)c(Cl)c3)n2[nH]1. The number of carbonyl (C=O) groups is 1. The van der Waals surface area contributed by atoms with Crippen molar-refractivity contribution >= 4 is 34.8 Å². The predicted octanol–water partition coefficient (Wildman–Crippen LogP) is 3.56. The Bertz CT molecular complexity index is 891. The number of hydrogen-bond donors (Lipinski definition) is 2. The molecule has 3 rings (SSSR count). The number of benzene rings is 1. The molecule has 6 nitrogen and oxygen atoms in total. The van der Waals surface area contributed by atoms with Crippen LogP contribution < -0.4 is 5.32 Å². The van der Waals surface area contributed by atoms with Crippen LogP contribution in [0.2, 0.25) is 10.0 Å². The van der Waals surface area contributed by atoms with E-state index in [4.69, 9.17) is 23.2 Å². The van der Waals surface area contributed by atoms with E-state index >= 15 is 0 Å². The number of aromatic amines is 1. The average Bonchev–Trinajstić information content (AvgIpc) is 3.00. The summed E-state index contributed by atoms with van der Waals surface area (Å²) in [6.07, 6.45) is 0. The molecule has 120 valence electrons. The molecule has 0 spiro atoms. The van der Waals surface area contributed by atoms with E-state index in [2.05, 4.69) is 20.6 Å². The molecule has 0 saturated heterocycles. The number of hydrogen-bond acceptors (Lipinski definition) is 3. The van der Waals surface area contributed by atoms with E-state index in [-0.39, 0.29) is 11.4 Å². The van der Waals surface area contributed by atoms with Gasteiger partial charge in [-0.1, -0.05) is 23.2 Å². The van der Waals surface area contributed by atoms with Gasteiger partial charge in [-0.15, -0.1) is 10.2 Å². The molecule has 0 radical (unpaired) electrons. The van der Waals surface area contributed by atoms with Gasteiger partial charge in [0.15, 0.2) is 11.5 Å². The monoisotopic (exact) mass is 351 g/mol. The normalized spacial score (nSPS) is 11.9. The number of rotatable bonds is 2. The van der Waals surface area contributed by atoms with Gasteiger partial charge in [0.2, 0.25) is 0 Å². The lowest BCUT2D eigenvalue weighted by atomic mass is 10.1. The standard InChI is InChI=1S/C15H15Cl2N5O/c1-15(2,3)18-14(23)11-7-12-19-20-13(22(12)21-11)8-4-5-9(16)10(17)6-8/h4-7,21H,1-3H3,(H,18,23). The highest BCUT2D eigenvalue weighted by Gasteiger charge is 2.19. The summed E-state index contributed by atoms with van der Waals surface area (Å²) in [7, 11) is 0. The summed E-state index contributed by atoms with van der Waals surface area (Å²) in [5, 5.41) is 15.0. The van der Waals surface area contributed by atoms with E-state index in [0.717, 1.165) is 5.56 Å². The molecule has 2 N–H and O–H groups in total. The van der Waals surface area contributed by atoms with Crippen molar-refractivity contribution < 1.29 is 4.79 Å². The quantitative estimate of drug-likeness (QED) is 0.741. The van der Waals surface area contributed by atoms with Gasteiger partial charge in [0, 0.05) is 17.2 Å². The lowest BCUT2D eigenvalue weighted by Gasteiger charge is -2.19. The van der Waals surface area contributed by atoms with Crippen molar-refractivity contribution in [2.45, 2.75) is 26.3 Å². The Morgan fingerprint density at radius 1 is 1.17 bits per heavy atom. The van der Waals surface area contributed by atoms with Crippen molar-refractivity contribution in [3.8, 4) is 11.4 Å². The van der Waals surface area contributed by atoms with Crippen LogP contribution in [-0.4, -0.2) is 31.3 Å². The van der Waals surface area contributed by atoms with E-state index < -0.39 is 0 Å². The zero-order valence-corrected chi connectivity index (χ0v) is 14.3. The molecule has 23 heavy (non-hydrogen) atoms. The number of nitrogens with zero attached hydrogens (tertiary/aromatic N) is 3. The molecule has 0 bridgehead atoms. The van der Waals surface area contributed by atoms with E-state index in [1.807, 2.05) is 20.8 Å². The van der Waals surface area contributed by atoms with Crippen LogP contribution in [0.4, 0.5) is 0 Å². The summed E-state index contributed by atoms with van der Waals surface area (Å²) in [4.78, 5) is 12.2. The van der Waals surface area contributed by atoms with Gasteiger partial charge in [-0.3, -0.25) is 9.89 Å². The molecule has 3 aromatic rings. The zero-order chi connectivity index (χ0) is 16.8. The molecule has 0 aliphatic rings. The molecule has 0 saturated carbocycles. The summed E-state index contributed by atoms with van der Waals surface area (Å²) >= 11 is 12.0. The average molecular weight is 352 g/mol. The lowest BCUT2D eigenvalue weighted by molar-refractivity contribution is 0.0914. The second kappa shape index (κ2) is 5.54. The number of amides is 1. The topological polar surface area (TPSA) is 75.1 Å². The van der Waals surface area contributed by atoms with Crippen molar-refractivity contribution in [1.29, 1.82) is 0 Å². The first kappa shape index (κ1) is 15.8. The Kier molecular flexibility index (Phi) is 3.82. The van der Waals surface area contributed by atoms with Gasteiger partial charge in [-0.05, 0) is 39.0 Å². The molecular weight excluding hydrogens is 337 g/mol. The summed E-state index contributed by atoms with van der Waals surface area (Å²) < 4.78 is 1.64. The number of H-pyrrole nitrogens is 1. The van der Waals surface area contributed by atoms with Crippen molar-refractivity contribution in [2.24, 2.45) is 0 Å². The van der Waals surface area contributed by atoms with Crippen LogP contribution in [0.1, 0.15) is 31.3 Å². The van der Waals surface area contributed by atoms with Crippen LogP contribution >= 0.6 is 23.2 Å². The van der Waals surface area contributed by atoms with Gasteiger partial charge in [-0.2, -0.15) is 0 Å². The fraction of sp³-hybridized carbons (Fsp3) is 0.267. The third-order valence-electron chi connectivity index (χ3n) is 3.10. The highest BCUT2D eigenvalue weighted by Crippen LogP contribution is 2.27. The van der Waals surface area contributed by atoms with E-state index in [1.54, 1.807) is 28.8 Å². The van der Waals surface area contributed by atoms with Gasteiger partial charge < -0.3 is 5.32 Å². The first-order valence-electron chi connectivity index (χ1n) is 6.97. The summed E-state index contributed by atoms with van der Waals surface area (Å²) in [6.45, 7) is 5.75. The van der Waals surface area contributed by atoms with Crippen LogP contribution in [0.3, 0.4) is 0 Å². The minimum Gasteiger partial charge on any atom is -0.346 e. The van der Waals surface area contributed by atoms with Crippen molar-refractivity contribution in [1.82, 2.24) is 25.1 Å². The Morgan fingerprint density at radius 3 is 2.57 bits per heavy atom. The maximum atomic E-state index is 12.2. The molecular formula is C15H15Cl2N5O. The van der Waals surface area contributed by atoms with Gasteiger partial charge in [-0.25, -0.2) is 4.52 Å². The molecule has 2 heterocycles. The minimum atomic E-state index is -0.324. The molecule has 1 aromatic carbocycles. The largest absolute Gasteiger partial charge is 0.346 e. The summed E-state index contributed by atoms with van der Waals surface area (Å²) in [5.74, 6) is 0.344. The molecule has 8 heteroatoms. The molecule has 0 unspecified atom stereocenters. The number of fused-ring (bicyclic) bond motifs is 1. The smallest absolute Gasteiger partial charge is 0.269 e. The second-order valence-electron chi connectivity index (χ2n) is 6.22. The first-order chi connectivity index (χ1) is 10.7. The number of nitrogens with one attached hydrogen (secondary N) is 2. The highest BCUT2D eigenvalue weighted by atomic mass is 35.5. The van der Waals surface area contributed by atoms with Crippen LogP contribution in [-0.2, 0) is 0 Å². The van der Waals surface area contributed by atoms with Crippen LogP contribution in [0.5, 0.6) is 0 Å². The molecule has 1 amide bonds. The van der Waals surface area contributed by atoms with Crippen molar-refractivity contribution in [3.63, 3.8) is 0 Å². The number of carbonyl (C=O) groups excluding carboxylic acids is 1. The fourth-order valence-corrected chi connectivity index (χ4v) is 2.43. The van der Waals surface area contributed by atoms with Crippen LogP contribution in [0, 0.1) is 0 Å². The van der Waals surface area contributed by atoms with E-state index in [1.165, 1.54) is 0 Å². The lowest BCUT2D eigenvalue weighted by Crippen LogP contribution is -2.40. The molecule has 0 atom stereocenters. The van der Waals surface area contributed by atoms with Crippen LogP contribution in [0.25, 0.3) is 17.0 Å². The minimum absolute atomic E-state index is 0.205. The van der Waals surface area contributed by atoms with Crippen molar-refractivity contribution in [2.75, 3.05) is 0 Å². The second-order valence-corrected chi connectivity index (χ2v) is 7.03. The predicted molar refractivity (Wildman–Crippen MR) is 90.0 cm³/mol. The maximum absolute atomic E-state index is 12.2. The molecule has 2 aromatic heterocycles. The van der Waals surface area contributed by atoms with Gasteiger partial charge in [0.25, 0.3) is 5.91 Å². The number of aromatic nitrogens is 4. The Morgan fingerprint density at radius 2 is 1.91 bits per heavy atom.